The minimum atomic E-state index is -3.91. The first-order valence-electron chi connectivity index (χ1n) is 6.29. The van der Waals surface area contributed by atoms with Crippen LogP contribution in [0, 0.1) is 0 Å². The fourth-order valence-electron chi connectivity index (χ4n) is 2.23. The Labute approximate surface area is 126 Å². The fraction of sp³-hybridized carbons (Fsp3) is 0.500. The molecule has 1 aromatic rings. The number of carboxylic acid groups (broad SMARTS) is 1. The summed E-state index contributed by atoms with van der Waals surface area (Å²) >= 11 is 0.884. The number of rotatable bonds is 4. The van der Waals surface area contributed by atoms with Gasteiger partial charge in [-0.3, -0.25) is 4.79 Å². The average Bonchev–Trinajstić information content (AvgIpc) is 2.97. The monoisotopic (exact) mass is 333 g/mol. The number of methoxy groups -OCH3 is 1. The van der Waals surface area contributed by atoms with Gasteiger partial charge in [0.25, 0.3) is 10.0 Å². The van der Waals surface area contributed by atoms with Crippen LogP contribution in [0.2, 0.25) is 0 Å². The van der Waals surface area contributed by atoms with Crippen LogP contribution in [0.4, 0.5) is 0 Å². The quantitative estimate of drug-likeness (QED) is 0.830. The van der Waals surface area contributed by atoms with E-state index >= 15 is 0 Å². The van der Waals surface area contributed by atoms with Gasteiger partial charge in [0, 0.05) is 11.9 Å². The molecule has 1 saturated heterocycles. The summed E-state index contributed by atoms with van der Waals surface area (Å²) < 4.78 is 30.6. The van der Waals surface area contributed by atoms with E-state index in [1.54, 1.807) is 0 Å². The van der Waals surface area contributed by atoms with E-state index in [4.69, 9.17) is 0 Å². The molecule has 21 heavy (non-hydrogen) atoms. The highest BCUT2D eigenvalue weighted by molar-refractivity contribution is 7.91. The molecule has 2 rings (SSSR count). The van der Waals surface area contributed by atoms with Gasteiger partial charge in [0.15, 0.2) is 0 Å². The highest BCUT2D eigenvalue weighted by Gasteiger charge is 2.38. The molecule has 0 amide bonds. The van der Waals surface area contributed by atoms with Gasteiger partial charge in [0.2, 0.25) is 0 Å². The van der Waals surface area contributed by atoms with E-state index in [1.165, 1.54) is 18.6 Å². The third-order valence-corrected chi connectivity index (χ3v) is 6.62. The van der Waals surface area contributed by atoms with Crippen LogP contribution in [0.5, 0.6) is 0 Å². The van der Waals surface area contributed by atoms with Crippen LogP contribution in [0.25, 0.3) is 0 Å². The molecule has 1 aliphatic rings. The average molecular weight is 333 g/mol. The fourth-order valence-corrected chi connectivity index (χ4v) is 5.16. The van der Waals surface area contributed by atoms with Crippen LogP contribution in [0.3, 0.4) is 0 Å². The number of piperidine rings is 1. The molecule has 1 unspecified atom stereocenters. The number of thiophene rings is 1. The SMILES string of the molecule is COC(=O)c1csc(S(=O)(=O)N2CCCCC2C(=O)O)c1. The molecule has 0 aliphatic carbocycles. The zero-order valence-electron chi connectivity index (χ0n) is 11.3. The molecule has 1 fully saturated rings. The van der Waals surface area contributed by atoms with Crippen LogP contribution >= 0.6 is 11.3 Å². The van der Waals surface area contributed by atoms with Crippen molar-refractivity contribution in [2.45, 2.75) is 29.5 Å². The number of carboxylic acids is 1. The van der Waals surface area contributed by atoms with Gasteiger partial charge in [-0.05, 0) is 25.3 Å². The Hall–Kier alpha value is -1.45. The highest BCUT2D eigenvalue weighted by Crippen LogP contribution is 2.29. The van der Waals surface area contributed by atoms with E-state index in [1.807, 2.05) is 0 Å². The summed E-state index contributed by atoms with van der Waals surface area (Å²) in [6.07, 6.45) is 1.60. The number of hydrogen-bond acceptors (Lipinski definition) is 6. The smallest absolute Gasteiger partial charge is 0.338 e. The minimum Gasteiger partial charge on any atom is -0.480 e. The van der Waals surface area contributed by atoms with Crippen molar-refractivity contribution in [3.63, 3.8) is 0 Å². The number of sulfonamides is 1. The summed E-state index contributed by atoms with van der Waals surface area (Å²) in [6.45, 7) is 0.171. The van der Waals surface area contributed by atoms with Gasteiger partial charge in [-0.2, -0.15) is 4.31 Å². The first kappa shape index (κ1) is 15.9. The number of hydrogen-bond donors (Lipinski definition) is 1. The summed E-state index contributed by atoms with van der Waals surface area (Å²) in [4.78, 5) is 22.6. The molecule has 0 spiro atoms. The first-order chi connectivity index (χ1) is 9.87. The van der Waals surface area contributed by atoms with E-state index in [0.29, 0.717) is 19.3 Å². The van der Waals surface area contributed by atoms with Gasteiger partial charge in [-0.15, -0.1) is 11.3 Å². The van der Waals surface area contributed by atoms with E-state index < -0.39 is 28.0 Å². The van der Waals surface area contributed by atoms with Crippen molar-refractivity contribution in [1.82, 2.24) is 4.31 Å². The summed E-state index contributed by atoms with van der Waals surface area (Å²) in [7, 11) is -2.71. The predicted octanol–water partition coefficient (Wildman–Crippen LogP) is 1.16. The van der Waals surface area contributed by atoms with Gasteiger partial charge < -0.3 is 9.84 Å². The third kappa shape index (κ3) is 3.09. The first-order valence-corrected chi connectivity index (χ1v) is 8.61. The van der Waals surface area contributed by atoms with E-state index in [9.17, 15) is 23.1 Å². The van der Waals surface area contributed by atoms with E-state index in [-0.39, 0.29) is 16.3 Å². The maximum atomic E-state index is 12.5. The van der Waals surface area contributed by atoms with Gasteiger partial charge in [-0.1, -0.05) is 0 Å². The lowest BCUT2D eigenvalue weighted by Crippen LogP contribution is -2.47. The summed E-state index contributed by atoms with van der Waals surface area (Å²) in [5.74, 6) is -1.77. The topological polar surface area (TPSA) is 101 Å². The lowest BCUT2D eigenvalue weighted by Gasteiger charge is -2.31. The van der Waals surface area contributed by atoms with E-state index in [2.05, 4.69) is 4.74 Å². The molecular weight excluding hydrogens is 318 g/mol. The van der Waals surface area contributed by atoms with Crippen molar-refractivity contribution in [3.8, 4) is 0 Å². The number of carbonyl (C=O) groups excluding carboxylic acids is 1. The molecule has 0 aromatic carbocycles. The second kappa shape index (κ2) is 6.12. The Morgan fingerprint density at radius 2 is 2.14 bits per heavy atom. The summed E-state index contributed by atoms with van der Waals surface area (Å²) in [5, 5.41) is 10.6. The summed E-state index contributed by atoms with van der Waals surface area (Å²) in [6, 6.07) is 0.173. The number of ether oxygens (including phenoxy) is 1. The molecule has 1 atom stereocenters. The van der Waals surface area contributed by atoms with Gasteiger partial charge in [-0.25, -0.2) is 13.2 Å². The van der Waals surface area contributed by atoms with E-state index in [0.717, 1.165) is 15.6 Å². The number of aliphatic carboxylic acids is 1. The second-order valence-electron chi connectivity index (χ2n) is 4.61. The molecule has 1 aliphatic heterocycles. The summed E-state index contributed by atoms with van der Waals surface area (Å²) in [5.41, 5.74) is 0.143. The van der Waals surface area contributed by atoms with Crippen LogP contribution in [-0.4, -0.2) is 49.5 Å². The Morgan fingerprint density at radius 1 is 1.43 bits per heavy atom. The molecule has 7 nitrogen and oxygen atoms in total. The number of carbonyl (C=O) groups is 2. The van der Waals surface area contributed by atoms with Crippen molar-refractivity contribution in [2.75, 3.05) is 13.7 Å². The predicted molar refractivity (Wildman–Crippen MR) is 74.8 cm³/mol. The minimum absolute atomic E-state index is 0.0453. The molecule has 0 bridgehead atoms. The van der Waals surface area contributed by atoms with Crippen molar-refractivity contribution in [3.05, 3.63) is 17.0 Å². The number of esters is 1. The van der Waals surface area contributed by atoms with Crippen LogP contribution in [0.1, 0.15) is 29.6 Å². The van der Waals surface area contributed by atoms with Crippen molar-refractivity contribution < 1.29 is 27.9 Å². The molecule has 1 aromatic heterocycles. The Morgan fingerprint density at radius 3 is 2.76 bits per heavy atom. The molecule has 9 heteroatoms. The third-order valence-electron chi connectivity index (χ3n) is 3.30. The maximum absolute atomic E-state index is 12.5. The van der Waals surface area contributed by atoms with Crippen LogP contribution in [-0.2, 0) is 19.6 Å². The molecular formula is C12H15NO6S2. The lowest BCUT2D eigenvalue weighted by atomic mass is 10.1. The molecule has 0 saturated carbocycles. The Balaban J connectivity index is 2.34. The lowest BCUT2D eigenvalue weighted by molar-refractivity contribution is -0.142. The largest absolute Gasteiger partial charge is 0.480 e. The standard InChI is InChI=1S/C12H15NO6S2/c1-19-12(16)8-6-10(20-7-8)21(17,18)13-5-3-2-4-9(13)11(14)15/h6-7,9H,2-5H2,1H3,(H,14,15). The van der Waals surface area contributed by atoms with Crippen molar-refractivity contribution >= 4 is 33.3 Å². The van der Waals surface area contributed by atoms with Gasteiger partial charge >= 0.3 is 11.9 Å². The van der Waals surface area contributed by atoms with Crippen molar-refractivity contribution in [2.24, 2.45) is 0 Å². The van der Waals surface area contributed by atoms with Crippen molar-refractivity contribution in [1.29, 1.82) is 0 Å². The molecule has 0 radical (unpaired) electrons. The maximum Gasteiger partial charge on any atom is 0.338 e. The molecule has 1 N–H and O–H groups in total. The van der Waals surface area contributed by atoms with Crippen LogP contribution < -0.4 is 0 Å². The zero-order valence-corrected chi connectivity index (χ0v) is 12.9. The zero-order chi connectivity index (χ0) is 15.6. The number of nitrogens with zero attached hydrogens (tertiary/aromatic N) is 1. The normalized spacial score (nSPS) is 20.1. The molecule has 116 valence electrons. The Bertz CT molecular complexity index is 650. The highest BCUT2D eigenvalue weighted by atomic mass is 32.2. The second-order valence-corrected chi connectivity index (χ2v) is 7.64. The Kier molecular flexibility index (Phi) is 4.64. The van der Waals surface area contributed by atoms with Crippen LogP contribution in [0.15, 0.2) is 15.7 Å². The molecule has 2 heterocycles. The van der Waals surface area contributed by atoms with Gasteiger partial charge in [0.1, 0.15) is 10.3 Å². The van der Waals surface area contributed by atoms with Gasteiger partial charge in [0.05, 0.1) is 12.7 Å².